The van der Waals surface area contributed by atoms with Gasteiger partial charge in [0.1, 0.15) is 5.82 Å². The molecule has 2 saturated heterocycles. The second-order valence-electron chi connectivity index (χ2n) is 7.79. The van der Waals surface area contributed by atoms with E-state index in [4.69, 9.17) is 4.74 Å². The average molecular weight is 450 g/mol. The largest absolute Gasteiger partial charge is 0.467 e. The van der Waals surface area contributed by atoms with Gasteiger partial charge in [0.05, 0.1) is 30.7 Å². The molecule has 2 aliphatic rings. The van der Waals surface area contributed by atoms with Gasteiger partial charge in [0.15, 0.2) is 5.54 Å². The zero-order valence-corrected chi connectivity index (χ0v) is 17.8. The van der Waals surface area contributed by atoms with Gasteiger partial charge in [0.25, 0.3) is 0 Å². The summed E-state index contributed by atoms with van der Waals surface area (Å²) in [6.45, 7) is 0. The molecule has 8 heteroatoms. The lowest BCUT2D eigenvalue weighted by Gasteiger charge is -2.32. The summed E-state index contributed by atoms with van der Waals surface area (Å²) in [7, 11) is 1.27. The predicted molar refractivity (Wildman–Crippen MR) is 116 cm³/mol. The molecule has 0 spiro atoms. The van der Waals surface area contributed by atoms with Crippen LogP contribution in [0.5, 0.6) is 0 Å². The van der Waals surface area contributed by atoms with E-state index in [1.54, 1.807) is 24.3 Å². The van der Waals surface area contributed by atoms with Crippen molar-refractivity contribution in [3.63, 3.8) is 0 Å². The maximum Gasteiger partial charge on any atom is 0.331 e. The van der Waals surface area contributed by atoms with E-state index in [1.165, 1.54) is 42.7 Å². The van der Waals surface area contributed by atoms with Crippen LogP contribution in [-0.4, -0.2) is 24.9 Å². The molecule has 0 unspecified atom stereocenters. The molecule has 0 bridgehead atoms. The number of carbonyl (C=O) groups excluding carboxylic acids is 3. The first-order valence-electron chi connectivity index (χ1n) is 10.1. The number of imide groups is 1. The number of hydrogen-bond acceptors (Lipinski definition) is 6. The molecule has 1 aromatic heterocycles. The number of rotatable bonds is 4. The Morgan fingerprint density at radius 2 is 1.75 bits per heavy atom. The number of esters is 1. The zero-order valence-electron chi connectivity index (χ0n) is 17.0. The van der Waals surface area contributed by atoms with Crippen LogP contribution >= 0.6 is 11.3 Å². The highest BCUT2D eigenvalue weighted by molar-refractivity contribution is 7.10. The van der Waals surface area contributed by atoms with E-state index in [0.29, 0.717) is 5.56 Å². The van der Waals surface area contributed by atoms with Crippen molar-refractivity contribution in [3.8, 4) is 0 Å². The van der Waals surface area contributed by atoms with Gasteiger partial charge in [-0.2, -0.15) is 0 Å². The van der Waals surface area contributed by atoms with E-state index in [-0.39, 0.29) is 5.69 Å². The highest BCUT2D eigenvalue weighted by Crippen LogP contribution is 2.54. The predicted octanol–water partition coefficient (Wildman–Crippen LogP) is 3.41. The minimum absolute atomic E-state index is 0.271. The minimum atomic E-state index is -1.54. The Kier molecular flexibility index (Phi) is 4.91. The summed E-state index contributed by atoms with van der Waals surface area (Å²) in [6.07, 6.45) is 0. The molecule has 3 heterocycles. The molecular formula is C24H19FN2O4S. The Balaban J connectivity index is 1.71. The number of halogens is 1. The fourth-order valence-corrected chi connectivity index (χ4v) is 5.72. The number of amides is 2. The molecule has 3 aromatic rings. The lowest BCUT2D eigenvalue weighted by atomic mass is 9.75. The molecule has 2 aromatic carbocycles. The highest BCUT2D eigenvalue weighted by Gasteiger charge is 2.69. The molecule has 1 N–H and O–H groups in total. The minimum Gasteiger partial charge on any atom is -0.467 e. The number of carbonyl (C=O) groups is 3. The van der Waals surface area contributed by atoms with Crippen LogP contribution in [0.2, 0.25) is 0 Å². The van der Waals surface area contributed by atoms with E-state index in [0.717, 1.165) is 9.78 Å². The van der Waals surface area contributed by atoms with Gasteiger partial charge < -0.3 is 4.74 Å². The lowest BCUT2D eigenvalue weighted by Crippen LogP contribution is -2.53. The van der Waals surface area contributed by atoms with Gasteiger partial charge in [0.2, 0.25) is 11.8 Å². The normalized spacial score (nSPS) is 26.9. The summed E-state index contributed by atoms with van der Waals surface area (Å²) < 4.78 is 18.7. The maximum absolute atomic E-state index is 13.8. The van der Waals surface area contributed by atoms with Crippen molar-refractivity contribution in [2.45, 2.75) is 11.6 Å². The highest BCUT2D eigenvalue weighted by atomic mass is 32.1. The summed E-state index contributed by atoms with van der Waals surface area (Å²) >= 11 is 1.44. The van der Waals surface area contributed by atoms with E-state index < -0.39 is 47.0 Å². The second kappa shape index (κ2) is 7.65. The molecule has 5 rings (SSSR count). The van der Waals surface area contributed by atoms with Gasteiger partial charge in [-0.25, -0.2) is 14.1 Å². The lowest BCUT2D eigenvalue weighted by molar-refractivity contribution is -0.152. The topological polar surface area (TPSA) is 75.7 Å². The Bertz CT molecular complexity index is 1180. The van der Waals surface area contributed by atoms with E-state index in [9.17, 15) is 18.8 Å². The number of fused-ring (bicyclic) bond motifs is 1. The Morgan fingerprint density at radius 3 is 2.38 bits per heavy atom. The van der Waals surface area contributed by atoms with Crippen molar-refractivity contribution in [1.82, 2.24) is 5.32 Å². The second-order valence-corrected chi connectivity index (χ2v) is 8.77. The maximum atomic E-state index is 13.8. The Hall–Kier alpha value is -3.36. The molecule has 2 fully saturated rings. The summed E-state index contributed by atoms with van der Waals surface area (Å²) in [4.78, 5) is 42.6. The number of benzene rings is 2. The number of nitrogens with one attached hydrogen (secondary N) is 1. The van der Waals surface area contributed by atoms with Gasteiger partial charge in [-0.1, -0.05) is 36.4 Å². The first kappa shape index (κ1) is 20.5. The number of thiophene rings is 1. The van der Waals surface area contributed by atoms with Gasteiger partial charge >= 0.3 is 5.97 Å². The van der Waals surface area contributed by atoms with Crippen molar-refractivity contribution in [1.29, 1.82) is 0 Å². The van der Waals surface area contributed by atoms with Crippen LogP contribution in [-0.2, 0) is 24.7 Å². The summed E-state index contributed by atoms with van der Waals surface area (Å²) in [5, 5.41) is 5.21. The van der Waals surface area contributed by atoms with Crippen LogP contribution in [0.4, 0.5) is 10.1 Å². The fraction of sp³-hybridized carbons (Fsp3) is 0.208. The van der Waals surface area contributed by atoms with Crippen LogP contribution in [0.1, 0.15) is 16.5 Å². The number of anilines is 1. The van der Waals surface area contributed by atoms with Crippen LogP contribution in [0.15, 0.2) is 72.1 Å². The molecule has 2 aliphatic heterocycles. The third kappa shape index (κ3) is 2.83. The zero-order chi connectivity index (χ0) is 22.5. The molecule has 0 radical (unpaired) electrons. The number of ether oxygens (including phenoxy) is 1. The smallest absolute Gasteiger partial charge is 0.331 e. The molecule has 0 saturated carbocycles. The summed E-state index contributed by atoms with van der Waals surface area (Å²) in [5.41, 5.74) is -0.729. The monoisotopic (exact) mass is 450 g/mol. The average Bonchev–Trinajstić information content (AvgIpc) is 3.52. The van der Waals surface area contributed by atoms with Crippen molar-refractivity contribution in [2.24, 2.45) is 11.8 Å². The molecule has 162 valence electrons. The van der Waals surface area contributed by atoms with Gasteiger partial charge in [-0.3, -0.25) is 14.9 Å². The van der Waals surface area contributed by atoms with Crippen molar-refractivity contribution in [2.75, 3.05) is 12.0 Å². The van der Waals surface area contributed by atoms with Crippen molar-refractivity contribution >= 4 is 34.8 Å². The van der Waals surface area contributed by atoms with E-state index >= 15 is 0 Å². The number of hydrogen-bond donors (Lipinski definition) is 1. The van der Waals surface area contributed by atoms with E-state index in [1.807, 2.05) is 23.6 Å². The summed E-state index contributed by atoms with van der Waals surface area (Å²) in [6, 6.07) is 17.2. The number of nitrogens with zero attached hydrogens (tertiary/aromatic N) is 1. The third-order valence-electron chi connectivity index (χ3n) is 6.23. The Morgan fingerprint density at radius 1 is 1.03 bits per heavy atom. The van der Waals surface area contributed by atoms with Gasteiger partial charge in [-0.05, 0) is 41.3 Å². The molecule has 6 nitrogen and oxygen atoms in total. The molecule has 4 atom stereocenters. The van der Waals surface area contributed by atoms with Crippen LogP contribution < -0.4 is 10.2 Å². The van der Waals surface area contributed by atoms with Gasteiger partial charge in [0, 0.05) is 4.88 Å². The van der Waals surface area contributed by atoms with Crippen molar-refractivity contribution < 1.29 is 23.5 Å². The van der Waals surface area contributed by atoms with Crippen LogP contribution in [0.25, 0.3) is 0 Å². The Labute approximate surface area is 187 Å². The standard InChI is InChI=1S/C24H19FN2O4S/c1-31-23(30)24(14-6-3-2-4-7-14)19-18(20(26-24)17-8-5-13-32-17)21(28)27(22(19)29)16-11-9-15(25)10-12-16/h2-13,18-20,26H,1H3/t18-,19+,20+,24+/m0/s1. The van der Waals surface area contributed by atoms with Crippen LogP contribution in [0, 0.1) is 17.7 Å². The first-order chi connectivity index (χ1) is 15.5. The molecule has 0 aliphatic carbocycles. The third-order valence-corrected chi connectivity index (χ3v) is 7.19. The van der Waals surface area contributed by atoms with Gasteiger partial charge in [-0.15, -0.1) is 11.3 Å². The van der Waals surface area contributed by atoms with Crippen molar-refractivity contribution in [3.05, 3.63) is 88.4 Å². The van der Waals surface area contributed by atoms with E-state index in [2.05, 4.69) is 5.32 Å². The fourth-order valence-electron chi connectivity index (χ4n) is 4.90. The molecular weight excluding hydrogens is 431 g/mol. The SMILES string of the molecule is COC(=O)[C@]1(c2ccccc2)N[C@H](c2cccs2)[C@H]2C(=O)N(c3ccc(F)cc3)C(=O)[C@@H]21. The van der Waals surface area contributed by atoms with Crippen LogP contribution in [0.3, 0.4) is 0 Å². The summed E-state index contributed by atoms with van der Waals surface area (Å²) in [5.74, 6) is -3.92. The quantitative estimate of drug-likeness (QED) is 0.487. The molecule has 32 heavy (non-hydrogen) atoms. The number of methoxy groups -OCH3 is 1. The molecule has 2 amide bonds. The first-order valence-corrected chi connectivity index (χ1v) is 11.0.